The molecule has 0 saturated carbocycles. The van der Waals surface area contributed by atoms with Gasteiger partial charge in [0.25, 0.3) is 0 Å². The lowest BCUT2D eigenvalue weighted by Crippen LogP contribution is -2.34. The summed E-state index contributed by atoms with van der Waals surface area (Å²) in [5.74, 6) is 0.200. The van der Waals surface area contributed by atoms with Crippen LogP contribution >= 0.6 is 0 Å². The summed E-state index contributed by atoms with van der Waals surface area (Å²) < 4.78 is 15.9. The zero-order valence-corrected chi connectivity index (χ0v) is 18.0. The molecule has 1 unspecified atom stereocenters. The van der Waals surface area contributed by atoms with Gasteiger partial charge in [0.15, 0.2) is 0 Å². The number of aryl methyl sites for hydroxylation is 1. The molecule has 1 aliphatic rings. The lowest BCUT2D eigenvalue weighted by molar-refractivity contribution is -0.131. The second kappa shape index (κ2) is 8.57. The first-order valence-electron chi connectivity index (χ1n) is 11.1. The summed E-state index contributed by atoms with van der Waals surface area (Å²) in [5, 5.41) is 12.6. The Labute approximate surface area is 186 Å². The first-order valence-corrected chi connectivity index (χ1v) is 11.1. The van der Waals surface area contributed by atoms with Gasteiger partial charge in [-0.25, -0.2) is 4.39 Å². The fourth-order valence-electron chi connectivity index (χ4n) is 4.77. The van der Waals surface area contributed by atoms with E-state index in [0.29, 0.717) is 30.9 Å². The number of nitrogens with zero attached hydrogens (tertiary/aromatic N) is 4. The van der Waals surface area contributed by atoms with Crippen molar-refractivity contribution in [1.29, 1.82) is 0 Å². The normalized spacial score (nSPS) is 18.5. The average molecular weight is 432 g/mol. The molecule has 1 amide bonds. The van der Waals surface area contributed by atoms with Crippen LogP contribution in [0.3, 0.4) is 0 Å². The third kappa shape index (κ3) is 4.02. The lowest BCUT2D eigenvalue weighted by atomic mass is 10.1. The van der Waals surface area contributed by atoms with Crippen LogP contribution < -0.4 is 0 Å². The topological polar surface area (TPSA) is 66.8 Å². The van der Waals surface area contributed by atoms with E-state index in [1.165, 1.54) is 6.07 Å². The van der Waals surface area contributed by atoms with Crippen molar-refractivity contribution in [3.63, 3.8) is 0 Å². The molecule has 2 aromatic heterocycles. The van der Waals surface area contributed by atoms with E-state index in [4.69, 9.17) is 0 Å². The maximum atomic E-state index is 13.9. The highest BCUT2D eigenvalue weighted by atomic mass is 19.1. The summed E-state index contributed by atoms with van der Waals surface area (Å²) >= 11 is 0. The molecule has 0 spiro atoms. The molecular formula is C25H26FN5O. The largest absolute Gasteiger partial charge is 0.340 e. The zero-order valence-electron chi connectivity index (χ0n) is 18.0. The SMILES string of the molecule is C[C@@H]1CC(Cn2ncc3cc(-c4cn[nH]c4)ccc32)CN1C(=O)CCc1ccccc1F. The van der Waals surface area contributed by atoms with Crippen molar-refractivity contribution < 1.29 is 9.18 Å². The van der Waals surface area contributed by atoms with Crippen LogP contribution in [0.5, 0.6) is 0 Å². The minimum absolute atomic E-state index is 0.0957. The maximum Gasteiger partial charge on any atom is 0.223 e. The minimum Gasteiger partial charge on any atom is -0.340 e. The van der Waals surface area contributed by atoms with Gasteiger partial charge in [-0.1, -0.05) is 24.3 Å². The smallest absolute Gasteiger partial charge is 0.223 e. The number of rotatable bonds is 6. The Morgan fingerprint density at radius 1 is 1.19 bits per heavy atom. The number of halogens is 1. The van der Waals surface area contributed by atoms with Gasteiger partial charge in [0.05, 0.1) is 17.9 Å². The van der Waals surface area contributed by atoms with Gasteiger partial charge in [0.2, 0.25) is 5.91 Å². The van der Waals surface area contributed by atoms with Gasteiger partial charge in [0.1, 0.15) is 5.82 Å². The zero-order chi connectivity index (χ0) is 22.1. The van der Waals surface area contributed by atoms with Crippen molar-refractivity contribution in [2.75, 3.05) is 6.54 Å². The van der Waals surface area contributed by atoms with Crippen molar-refractivity contribution >= 4 is 16.8 Å². The molecule has 164 valence electrons. The van der Waals surface area contributed by atoms with Gasteiger partial charge in [-0.2, -0.15) is 10.2 Å². The number of nitrogens with one attached hydrogen (secondary N) is 1. The van der Waals surface area contributed by atoms with Crippen LogP contribution in [0.25, 0.3) is 22.0 Å². The Hall–Kier alpha value is -3.48. The van der Waals surface area contributed by atoms with E-state index < -0.39 is 0 Å². The monoisotopic (exact) mass is 431 g/mol. The standard InChI is InChI=1S/C25H26FN5O/c1-17-10-18(15-30(17)25(32)9-7-19-4-2-3-5-23(19)26)16-31-24-8-6-20(11-21(24)14-29-31)22-12-27-28-13-22/h2-6,8,11-14,17-18H,7,9-10,15-16H2,1H3,(H,27,28)/t17-,18?/m1/s1. The molecule has 0 bridgehead atoms. The molecule has 0 aliphatic carbocycles. The molecule has 1 N–H and O–H groups in total. The Kier molecular flexibility index (Phi) is 5.47. The molecule has 32 heavy (non-hydrogen) atoms. The van der Waals surface area contributed by atoms with Gasteiger partial charge >= 0.3 is 0 Å². The lowest BCUT2D eigenvalue weighted by Gasteiger charge is -2.21. The highest BCUT2D eigenvalue weighted by Crippen LogP contribution is 2.28. The highest BCUT2D eigenvalue weighted by Gasteiger charge is 2.32. The molecule has 7 heteroatoms. The van der Waals surface area contributed by atoms with Crippen molar-refractivity contribution in [3.8, 4) is 11.1 Å². The van der Waals surface area contributed by atoms with Crippen molar-refractivity contribution in [3.05, 3.63) is 72.4 Å². The van der Waals surface area contributed by atoms with Crippen LogP contribution in [0.15, 0.2) is 61.1 Å². The first-order chi connectivity index (χ1) is 15.6. The van der Waals surface area contributed by atoms with Crippen molar-refractivity contribution in [2.45, 2.75) is 38.8 Å². The van der Waals surface area contributed by atoms with E-state index in [0.717, 1.165) is 35.0 Å². The molecule has 1 fully saturated rings. The molecule has 2 atom stereocenters. The number of hydrogen-bond donors (Lipinski definition) is 1. The molecule has 1 aliphatic heterocycles. The van der Waals surface area contributed by atoms with Crippen LogP contribution in [0.4, 0.5) is 4.39 Å². The number of carbonyl (C=O) groups excluding carboxylic acids is 1. The molecule has 4 aromatic rings. The number of aromatic amines is 1. The summed E-state index contributed by atoms with van der Waals surface area (Å²) in [4.78, 5) is 14.8. The van der Waals surface area contributed by atoms with E-state index in [1.807, 2.05) is 34.2 Å². The van der Waals surface area contributed by atoms with Crippen LogP contribution in [-0.4, -0.2) is 43.4 Å². The highest BCUT2D eigenvalue weighted by molar-refractivity contribution is 5.84. The predicted octanol–water partition coefficient (Wildman–Crippen LogP) is 4.44. The third-order valence-electron chi connectivity index (χ3n) is 6.45. The van der Waals surface area contributed by atoms with E-state index in [2.05, 4.69) is 40.4 Å². The Morgan fingerprint density at radius 2 is 2.06 bits per heavy atom. The van der Waals surface area contributed by atoms with Crippen molar-refractivity contribution in [2.24, 2.45) is 5.92 Å². The molecule has 3 heterocycles. The molecule has 1 saturated heterocycles. The number of aromatic nitrogens is 4. The van der Waals surface area contributed by atoms with Crippen LogP contribution in [0, 0.1) is 11.7 Å². The number of H-pyrrole nitrogens is 1. The number of fused-ring (bicyclic) bond motifs is 1. The molecule has 5 rings (SSSR count). The molecular weight excluding hydrogens is 405 g/mol. The summed E-state index contributed by atoms with van der Waals surface area (Å²) in [5.41, 5.74) is 3.84. The molecule has 2 aromatic carbocycles. The Balaban J connectivity index is 1.23. The number of hydrogen-bond acceptors (Lipinski definition) is 3. The van der Waals surface area contributed by atoms with Crippen LogP contribution in [0.1, 0.15) is 25.3 Å². The summed E-state index contributed by atoms with van der Waals surface area (Å²) in [6.45, 7) is 3.58. The Morgan fingerprint density at radius 3 is 2.88 bits per heavy atom. The summed E-state index contributed by atoms with van der Waals surface area (Å²) in [6.07, 6.45) is 7.29. The number of benzene rings is 2. The first kappa shape index (κ1) is 20.4. The van der Waals surface area contributed by atoms with E-state index in [9.17, 15) is 9.18 Å². The van der Waals surface area contributed by atoms with E-state index in [1.54, 1.807) is 12.1 Å². The molecule has 0 radical (unpaired) electrons. The van der Waals surface area contributed by atoms with Gasteiger partial charge in [-0.15, -0.1) is 0 Å². The number of likely N-dealkylation sites (tertiary alicyclic amines) is 1. The van der Waals surface area contributed by atoms with E-state index >= 15 is 0 Å². The molecule has 6 nitrogen and oxygen atoms in total. The van der Waals surface area contributed by atoms with Crippen LogP contribution in [0.2, 0.25) is 0 Å². The van der Waals surface area contributed by atoms with Gasteiger partial charge in [0, 0.05) is 42.7 Å². The number of amides is 1. The Bertz CT molecular complexity index is 1230. The maximum absolute atomic E-state index is 13.9. The van der Waals surface area contributed by atoms with E-state index in [-0.39, 0.29) is 17.8 Å². The van der Waals surface area contributed by atoms with Gasteiger partial charge < -0.3 is 4.90 Å². The fourth-order valence-corrected chi connectivity index (χ4v) is 4.77. The quantitative estimate of drug-likeness (QED) is 0.491. The average Bonchev–Trinajstić information content (AvgIpc) is 3.54. The predicted molar refractivity (Wildman–Crippen MR) is 121 cm³/mol. The van der Waals surface area contributed by atoms with Crippen molar-refractivity contribution in [1.82, 2.24) is 24.9 Å². The second-order valence-electron chi connectivity index (χ2n) is 8.68. The fraction of sp³-hybridized carbons (Fsp3) is 0.320. The van der Waals surface area contributed by atoms with Gasteiger partial charge in [-0.05, 0) is 55.0 Å². The second-order valence-corrected chi connectivity index (χ2v) is 8.68. The summed E-state index contributed by atoms with van der Waals surface area (Å²) in [6, 6.07) is 13.2. The third-order valence-corrected chi connectivity index (χ3v) is 6.45. The summed E-state index contributed by atoms with van der Waals surface area (Å²) in [7, 11) is 0. The minimum atomic E-state index is -0.242. The number of carbonyl (C=O) groups is 1. The van der Waals surface area contributed by atoms with Gasteiger partial charge in [-0.3, -0.25) is 14.6 Å². The van der Waals surface area contributed by atoms with Crippen LogP contribution in [-0.2, 0) is 17.8 Å².